The molecule has 1 atom stereocenters. The van der Waals surface area contributed by atoms with Crippen LogP contribution in [0.25, 0.3) is 0 Å². The van der Waals surface area contributed by atoms with E-state index in [9.17, 15) is 0 Å². The molecule has 3 rings (SSSR count). The van der Waals surface area contributed by atoms with Crippen LogP contribution in [0.15, 0.2) is 46.8 Å². The fourth-order valence-electron chi connectivity index (χ4n) is 3.41. The number of morpholine rings is 1. The first-order valence-electron chi connectivity index (χ1n) is 10.4. The predicted octanol–water partition coefficient (Wildman–Crippen LogP) is 3.89. The fourth-order valence-corrected chi connectivity index (χ4v) is 4.27. The van der Waals surface area contributed by atoms with E-state index in [1.807, 2.05) is 36.5 Å². The number of nitrogens with one attached hydrogen (secondary N) is 2. The van der Waals surface area contributed by atoms with E-state index in [4.69, 9.17) is 14.5 Å². The maximum Gasteiger partial charge on any atom is 0.191 e. The van der Waals surface area contributed by atoms with Crippen molar-refractivity contribution in [1.29, 1.82) is 0 Å². The van der Waals surface area contributed by atoms with Crippen LogP contribution in [0.3, 0.4) is 0 Å². The number of benzene rings is 1. The minimum absolute atomic E-state index is 0. The summed E-state index contributed by atoms with van der Waals surface area (Å²) in [6, 6.07) is 12.7. The summed E-state index contributed by atoms with van der Waals surface area (Å²) in [5.41, 5.74) is 1.09. The second-order valence-corrected chi connectivity index (χ2v) is 7.78. The Balaban J connectivity index is 0.00000320. The van der Waals surface area contributed by atoms with Crippen LogP contribution in [-0.2, 0) is 11.3 Å². The second kappa shape index (κ2) is 13.8. The summed E-state index contributed by atoms with van der Waals surface area (Å²) in [6.45, 7) is 10.5. The van der Waals surface area contributed by atoms with Gasteiger partial charge in [-0.3, -0.25) is 4.90 Å². The van der Waals surface area contributed by atoms with Crippen molar-refractivity contribution in [2.75, 3.05) is 46.0 Å². The molecule has 2 aromatic rings. The molecule has 2 N–H and O–H groups in total. The summed E-state index contributed by atoms with van der Waals surface area (Å²) in [5.74, 6) is 1.73. The highest BCUT2D eigenvalue weighted by Gasteiger charge is 2.23. The van der Waals surface area contributed by atoms with Gasteiger partial charge in [-0.25, -0.2) is 4.99 Å². The smallest absolute Gasteiger partial charge is 0.191 e. The van der Waals surface area contributed by atoms with Gasteiger partial charge in [0.05, 0.1) is 32.4 Å². The summed E-state index contributed by atoms with van der Waals surface area (Å²) in [4.78, 5) is 8.67. The van der Waals surface area contributed by atoms with Gasteiger partial charge in [0.2, 0.25) is 0 Å². The fraction of sp³-hybridized carbons (Fsp3) is 0.500. The van der Waals surface area contributed by atoms with Gasteiger partial charge >= 0.3 is 0 Å². The molecule has 1 aromatic carbocycles. The number of hydrogen-bond donors (Lipinski definition) is 2. The highest BCUT2D eigenvalue weighted by Crippen LogP contribution is 2.25. The van der Waals surface area contributed by atoms with E-state index in [1.165, 1.54) is 4.88 Å². The molecule has 0 saturated carbocycles. The zero-order valence-corrected chi connectivity index (χ0v) is 20.9. The molecular formula is C22H33IN4O2S. The van der Waals surface area contributed by atoms with Crippen LogP contribution >= 0.6 is 35.3 Å². The van der Waals surface area contributed by atoms with Gasteiger partial charge in [-0.15, -0.1) is 35.3 Å². The van der Waals surface area contributed by atoms with Gasteiger partial charge in [0.1, 0.15) is 5.75 Å². The number of guanidine groups is 1. The van der Waals surface area contributed by atoms with Crippen LogP contribution in [0.2, 0.25) is 0 Å². The van der Waals surface area contributed by atoms with Gasteiger partial charge in [-0.05, 0) is 31.4 Å². The van der Waals surface area contributed by atoms with E-state index >= 15 is 0 Å². The molecule has 1 unspecified atom stereocenters. The van der Waals surface area contributed by atoms with Gasteiger partial charge in [0.25, 0.3) is 0 Å². The lowest BCUT2D eigenvalue weighted by atomic mass is 10.2. The first-order valence-corrected chi connectivity index (χ1v) is 11.3. The number of thiophene rings is 1. The Hall–Kier alpha value is -1.36. The summed E-state index contributed by atoms with van der Waals surface area (Å²) >= 11 is 1.81. The van der Waals surface area contributed by atoms with Gasteiger partial charge in [-0.1, -0.05) is 24.3 Å². The van der Waals surface area contributed by atoms with E-state index in [0.29, 0.717) is 19.2 Å². The van der Waals surface area contributed by atoms with Crippen molar-refractivity contribution >= 4 is 41.3 Å². The number of rotatable bonds is 9. The molecule has 1 saturated heterocycles. The lowest BCUT2D eigenvalue weighted by Crippen LogP contribution is -2.46. The second-order valence-electron chi connectivity index (χ2n) is 6.80. The van der Waals surface area contributed by atoms with E-state index in [1.54, 1.807) is 0 Å². The van der Waals surface area contributed by atoms with Crippen molar-refractivity contribution in [3.8, 4) is 5.75 Å². The van der Waals surface area contributed by atoms with Gasteiger partial charge in [0.15, 0.2) is 5.96 Å². The van der Waals surface area contributed by atoms with Crippen LogP contribution < -0.4 is 15.4 Å². The number of aliphatic imine (C=N–C) groups is 1. The average molecular weight is 545 g/mol. The zero-order valence-electron chi connectivity index (χ0n) is 17.8. The number of halogens is 1. The van der Waals surface area contributed by atoms with Crippen molar-refractivity contribution in [2.45, 2.75) is 26.4 Å². The Bertz CT molecular complexity index is 751. The lowest BCUT2D eigenvalue weighted by Gasteiger charge is -2.34. The highest BCUT2D eigenvalue weighted by atomic mass is 127. The van der Waals surface area contributed by atoms with Gasteiger partial charge in [0, 0.05) is 36.6 Å². The molecule has 2 heterocycles. The molecule has 0 spiro atoms. The molecule has 0 amide bonds. The van der Waals surface area contributed by atoms with Crippen molar-refractivity contribution < 1.29 is 9.47 Å². The van der Waals surface area contributed by atoms with Crippen LogP contribution in [0.5, 0.6) is 5.75 Å². The van der Waals surface area contributed by atoms with Crippen LogP contribution in [0.4, 0.5) is 0 Å². The first-order chi connectivity index (χ1) is 14.3. The lowest BCUT2D eigenvalue weighted by molar-refractivity contribution is 0.0177. The third kappa shape index (κ3) is 7.40. The molecule has 1 aliphatic rings. The van der Waals surface area contributed by atoms with E-state index in [0.717, 1.165) is 56.7 Å². The Morgan fingerprint density at radius 2 is 1.97 bits per heavy atom. The van der Waals surface area contributed by atoms with Gasteiger partial charge in [-0.2, -0.15) is 0 Å². The number of nitrogens with zero attached hydrogens (tertiary/aromatic N) is 2. The third-order valence-corrected chi connectivity index (χ3v) is 5.82. The molecule has 1 aliphatic heterocycles. The monoisotopic (exact) mass is 544 g/mol. The molecule has 1 fully saturated rings. The Morgan fingerprint density at radius 1 is 1.17 bits per heavy atom. The largest absolute Gasteiger partial charge is 0.494 e. The topological polar surface area (TPSA) is 58.1 Å². The van der Waals surface area contributed by atoms with Crippen molar-refractivity contribution in [3.63, 3.8) is 0 Å². The first kappa shape index (κ1) is 24.9. The zero-order chi connectivity index (χ0) is 20.3. The van der Waals surface area contributed by atoms with Crippen LogP contribution in [-0.4, -0.2) is 56.9 Å². The Kier molecular flexibility index (Phi) is 11.5. The maximum absolute atomic E-state index is 5.73. The van der Waals surface area contributed by atoms with Crippen molar-refractivity contribution in [3.05, 3.63) is 52.2 Å². The van der Waals surface area contributed by atoms with Crippen LogP contribution in [0.1, 0.15) is 30.3 Å². The van der Waals surface area contributed by atoms with E-state index < -0.39 is 0 Å². The molecule has 0 radical (unpaired) electrons. The molecule has 166 valence electrons. The maximum atomic E-state index is 5.73. The van der Waals surface area contributed by atoms with E-state index in [-0.39, 0.29) is 24.0 Å². The minimum atomic E-state index is 0. The third-order valence-electron chi connectivity index (χ3n) is 4.85. The van der Waals surface area contributed by atoms with Gasteiger partial charge < -0.3 is 20.1 Å². The molecular weight excluding hydrogens is 511 g/mol. The van der Waals surface area contributed by atoms with Crippen molar-refractivity contribution in [2.24, 2.45) is 4.99 Å². The van der Waals surface area contributed by atoms with E-state index in [2.05, 4.69) is 46.0 Å². The number of para-hydroxylation sites is 1. The average Bonchev–Trinajstić information content (AvgIpc) is 3.28. The minimum Gasteiger partial charge on any atom is -0.494 e. The predicted molar refractivity (Wildman–Crippen MR) is 135 cm³/mol. The number of hydrogen-bond acceptors (Lipinski definition) is 5. The standard InChI is InChI=1S/C22H32N4O2S.HI/c1-3-23-22(24-16-18-8-5-6-9-20(18)28-4-2)25-17-19(21-10-7-15-29-21)26-11-13-27-14-12-26;/h5-10,15,19H,3-4,11-14,16-17H2,1-2H3,(H2,23,24,25);1H. The quantitative estimate of drug-likeness (QED) is 0.285. The van der Waals surface area contributed by atoms with Crippen molar-refractivity contribution in [1.82, 2.24) is 15.5 Å². The summed E-state index contributed by atoms with van der Waals surface area (Å²) in [6.07, 6.45) is 0. The molecule has 0 aliphatic carbocycles. The summed E-state index contributed by atoms with van der Waals surface area (Å²) in [7, 11) is 0. The highest BCUT2D eigenvalue weighted by molar-refractivity contribution is 14.0. The van der Waals surface area contributed by atoms with Crippen LogP contribution in [0, 0.1) is 0 Å². The SMILES string of the molecule is CCNC(=NCc1ccccc1OCC)NCC(c1cccs1)N1CCOCC1.I. The Morgan fingerprint density at radius 3 is 2.67 bits per heavy atom. The number of ether oxygens (including phenoxy) is 2. The molecule has 6 nitrogen and oxygen atoms in total. The molecule has 0 bridgehead atoms. The summed E-state index contributed by atoms with van der Waals surface area (Å²) < 4.78 is 11.3. The molecule has 8 heteroatoms. The normalized spacial score (nSPS) is 15.9. The summed E-state index contributed by atoms with van der Waals surface area (Å²) in [5, 5.41) is 9.06. The molecule has 30 heavy (non-hydrogen) atoms. The molecule has 1 aromatic heterocycles. The Labute approximate surface area is 201 Å².